The number of nitro groups is 1. The van der Waals surface area contributed by atoms with Gasteiger partial charge in [-0.25, -0.2) is 0 Å². The van der Waals surface area contributed by atoms with Crippen molar-refractivity contribution in [2.24, 2.45) is 0 Å². The Morgan fingerprint density at radius 3 is 2.23 bits per heavy atom. The molecule has 1 aliphatic rings. The van der Waals surface area contributed by atoms with E-state index in [1.165, 1.54) is 24.3 Å². The number of hydrogen-bond acceptors (Lipinski definition) is 5. The van der Waals surface area contributed by atoms with Crippen LogP contribution in [0.2, 0.25) is 0 Å². The quantitative estimate of drug-likeness (QED) is 0.499. The lowest BCUT2D eigenvalue weighted by molar-refractivity contribution is -0.384. The van der Waals surface area contributed by atoms with Gasteiger partial charge in [-0.15, -0.1) is 0 Å². The number of carbonyl (C=O) groups excluding carboxylic acids is 2. The highest BCUT2D eigenvalue weighted by Gasteiger charge is 2.34. The second-order valence-corrected chi connectivity index (χ2v) is 4.85. The van der Waals surface area contributed by atoms with Gasteiger partial charge in [-0.05, 0) is 5.56 Å². The Morgan fingerprint density at radius 1 is 1.14 bits per heavy atom. The zero-order valence-corrected chi connectivity index (χ0v) is 11.3. The van der Waals surface area contributed by atoms with Crippen molar-refractivity contribution in [2.75, 3.05) is 0 Å². The Bertz CT molecular complexity index is 627. The molecule has 0 aromatic heterocycles. The Balaban J connectivity index is 2.02. The predicted molar refractivity (Wildman–Crippen MR) is 72.9 cm³/mol. The highest BCUT2D eigenvalue weighted by atomic mass is 16.6. The maximum atomic E-state index is 11.9. The molecule has 1 aromatic carbocycles. The highest BCUT2D eigenvalue weighted by Crippen LogP contribution is 2.14. The van der Waals surface area contributed by atoms with Gasteiger partial charge in [0.05, 0.1) is 11.3 Å². The van der Waals surface area contributed by atoms with Crippen LogP contribution >= 0.6 is 0 Å². The van der Waals surface area contributed by atoms with E-state index in [0.29, 0.717) is 5.56 Å². The summed E-state index contributed by atoms with van der Waals surface area (Å²) >= 11 is 0. The van der Waals surface area contributed by atoms with Crippen molar-refractivity contribution < 1.29 is 24.4 Å². The Morgan fingerprint density at radius 2 is 1.68 bits per heavy atom. The van der Waals surface area contributed by atoms with Crippen molar-refractivity contribution in [3.8, 4) is 0 Å². The Kier molecular flexibility index (Phi) is 4.35. The fraction of sp³-hybridized carbons (Fsp3) is 0.308. The van der Waals surface area contributed by atoms with Crippen molar-refractivity contribution in [2.45, 2.75) is 24.9 Å². The summed E-state index contributed by atoms with van der Waals surface area (Å²) in [6.45, 7) is 0. The van der Waals surface area contributed by atoms with Crippen LogP contribution in [-0.2, 0) is 20.8 Å². The molecule has 2 unspecified atom stereocenters. The molecule has 2 atom stereocenters. The molecule has 1 heterocycles. The van der Waals surface area contributed by atoms with Crippen LogP contribution in [0.3, 0.4) is 0 Å². The molecule has 1 fully saturated rings. The van der Waals surface area contributed by atoms with E-state index in [9.17, 15) is 24.5 Å². The van der Waals surface area contributed by atoms with Gasteiger partial charge in [-0.1, -0.05) is 12.1 Å². The number of aliphatic carboxylic acids is 1. The third-order valence-electron chi connectivity index (χ3n) is 3.23. The van der Waals surface area contributed by atoms with Crippen LogP contribution in [-0.4, -0.2) is 39.9 Å². The van der Waals surface area contributed by atoms with Crippen LogP contribution in [0.4, 0.5) is 5.69 Å². The average molecular weight is 307 g/mol. The number of nitrogens with one attached hydrogen (secondary N) is 2. The van der Waals surface area contributed by atoms with Gasteiger partial charge in [0.2, 0.25) is 11.8 Å². The normalized spacial score (nSPS) is 20.9. The molecule has 1 aliphatic heterocycles. The molecule has 0 aliphatic carbocycles. The fourth-order valence-corrected chi connectivity index (χ4v) is 2.13. The third-order valence-corrected chi connectivity index (χ3v) is 3.23. The van der Waals surface area contributed by atoms with Crippen LogP contribution in [0, 0.1) is 10.1 Å². The van der Waals surface area contributed by atoms with Gasteiger partial charge < -0.3 is 15.7 Å². The summed E-state index contributed by atoms with van der Waals surface area (Å²) in [5.41, 5.74) is 0.574. The first-order chi connectivity index (χ1) is 10.4. The van der Waals surface area contributed by atoms with Crippen LogP contribution in [0.5, 0.6) is 0 Å². The number of carbonyl (C=O) groups is 3. The average Bonchev–Trinajstić information content (AvgIpc) is 2.44. The molecule has 0 radical (unpaired) electrons. The lowest BCUT2D eigenvalue weighted by atomic mass is 10.0. The molecule has 0 saturated carbocycles. The van der Waals surface area contributed by atoms with Gasteiger partial charge in [-0.3, -0.25) is 24.5 Å². The predicted octanol–water partition coefficient (Wildman–Crippen LogP) is -0.405. The number of nitro benzene ring substituents is 1. The topological polar surface area (TPSA) is 139 Å². The maximum Gasteiger partial charge on any atom is 0.305 e. The van der Waals surface area contributed by atoms with Gasteiger partial charge in [-0.2, -0.15) is 0 Å². The summed E-state index contributed by atoms with van der Waals surface area (Å²) in [6.07, 6.45) is -0.322. The summed E-state index contributed by atoms with van der Waals surface area (Å²) < 4.78 is 0. The van der Waals surface area contributed by atoms with Gasteiger partial charge >= 0.3 is 5.97 Å². The van der Waals surface area contributed by atoms with Crippen molar-refractivity contribution in [3.63, 3.8) is 0 Å². The second kappa shape index (κ2) is 6.20. The van der Waals surface area contributed by atoms with Crippen LogP contribution in [0.1, 0.15) is 12.0 Å². The molecule has 116 valence electrons. The largest absolute Gasteiger partial charge is 0.481 e. The summed E-state index contributed by atoms with van der Waals surface area (Å²) in [4.78, 5) is 44.2. The number of piperazine rings is 1. The van der Waals surface area contributed by atoms with Crippen LogP contribution in [0.25, 0.3) is 0 Å². The third kappa shape index (κ3) is 3.57. The molecule has 0 bridgehead atoms. The molecule has 22 heavy (non-hydrogen) atoms. The summed E-state index contributed by atoms with van der Waals surface area (Å²) in [7, 11) is 0. The summed E-state index contributed by atoms with van der Waals surface area (Å²) in [6, 6.07) is 3.70. The minimum atomic E-state index is -1.19. The van der Waals surface area contributed by atoms with E-state index in [-0.39, 0.29) is 12.1 Å². The van der Waals surface area contributed by atoms with Gasteiger partial charge in [0.1, 0.15) is 12.1 Å². The second-order valence-electron chi connectivity index (χ2n) is 4.85. The van der Waals surface area contributed by atoms with E-state index in [1.54, 1.807) is 0 Å². The summed E-state index contributed by atoms with van der Waals surface area (Å²) in [5, 5.41) is 24.0. The molecular weight excluding hydrogens is 294 g/mol. The first-order valence-electron chi connectivity index (χ1n) is 6.42. The van der Waals surface area contributed by atoms with Gasteiger partial charge in [0, 0.05) is 18.6 Å². The standard InChI is InChI=1S/C13H13N3O6/c17-11(18)6-10-13(20)14-9(12(19)15-10)5-7-1-3-8(4-2-7)16(21)22/h1-4,9-10H,5-6H2,(H,14,20)(H,15,19)(H,17,18). The minimum absolute atomic E-state index is 0.0672. The number of benzene rings is 1. The zero-order valence-electron chi connectivity index (χ0n) is 11.3. The molecule has 2 rings (SSSR count). The van der Waals surface area contributed by atoms with E-state index in [0.717, 1.165) is 0 Å². The molecular formula is C13H13N3O6. The van der Waals surface area contributed by atoms with Crippen molar-refractivity contribution >= 4 is 23.5 Å². The minimum Gasteiger partial charge on any atom is -0.481 e. The SMILES string of the molecule is O=C(O)CC1NC(=O)C(Cc2ccc([N+](=O)[O-])cc2)NC1=O. The molecule has 1 aromatic rings. The molecule has 0 spiro atoms. The van der Waals surface area contributed by atoms with Crippen LogP contribution in [0.15, 0.2) is 24.3 Å². The van der Waals surface area contributed by atoms with E-state index in [1.807, 2.05) is 0 Å². The molecule has 1 saturated heterocycles. The lowest BCUT2D eigenvalue weighted by Crippen LogP contribution is -2.62. The van der Waals surface area contributed by atoms with E-state index in [4.69, 9.17) is 5.11 Å². The van der Waals surface area contributed by atoms with E-state index >= 15 is 0 Å². The molecule has 2 amide bonds. The molecule has 3 N–H and O–H groups in total. The first-order valence-corrected chi connectivity index (χ1v) is 6.42. The number of carboxylic acid groups (broad SMARTS) is 1. The first kappa shape index (κ1) is 15.4. The Labute approximate surface area is 124 Å². The summed E-state index contributed by atoms with van der Waals surface area (Å²) in [5.74, 6) is -2.23. The van der Waals surface area contributed by atoms with E-state index < -0.39 is 41.2 Å². The highest BCUT2D eigenvalue weighted by molar-refractivity contribution is 5.98. The van der Waals surface area contributed by atoms with Crippen molar-refractivity contribution in [3.05, 3.63) is 39.9 Å². The van der Waals surface area contributed by atoms with Crippen molar-refractivity contribution in [1.82, 2.24) is 10.6 Å². The monoisotopic (exact) mass is 307 g/mol. The van der Waals surface area contributed by atoms with Gasteiger partial charge in [0.15, 0.2) is 0 Å². The molecule has 9 heteroatoms. The maximum absolute atomic E-state index is 11.9. The van der Waals surface area contributed by atoms with Gasteiger partial charge in [0.25, 0.3) is 5.69 Å². The number of hydrogen-bond donors (Lipinski definition) is 3. The van der Waals surface area contributed by atoms with Crippen molar-refractivity contribution in [1.29, 1.82) is 0 Å². The number of rotatable bonds is 5. The lowest BCUT2D eigenvalue weighted by Gasteiger charge is -2.28. The molecule has 9 nitrogen and oxygen atoms in total. The number of carboxylic acids is 1. The zero-order chi connectivity index (χ0) is 16.3. The Hall–Kier alpha value is -2.97. The fourth-order valence-electron chi connectivity index (χ4n) is 2.13. The van der Waals surface area contributed by atoms with Crippen LogP contribution < -0.4 is 10.6 Å². The number of nitrogens with zero attached hydrogens (tertiary/aromatic N) is 1. The van der Waals surface area contributed by atoms with E-state index in [2.05, 4.69) is 10.6 Å². The number of non-ortho nitro benzene ring substituents is 1. The smallest absolute Gasteiger partial charge is 0.305 e. The number of amides is 2.